The van der Waals surface area contributed by atoms with E-state index in [0.717, 1.165) is 43.7 Å². The van der Waals surface area contributed by atoms with Gasteiger partial charge in [-0.15, -0.1) is 0 Å². The van der Waals surface area contributed by atoms with Crippen LogP contribution in [-0.4, -0.2) is 35.6 Å². The van der Waals surface area contributed by atoms with Crippen LogP contribution in [0.25, 0.3) is 10.9 Å². The summed E-state index contributed by atoms with van der Waals surface area (Å²) in [7, 11) is 1.69. The molecule has 1 saturated heterocycles. The molecule has 1 aromatic heterocycles. The lowest BCUT2D eigenvalue weighted by Crippen LogP contribution is -2.34. The van der Waals surface area contributed by atoms with Crippen LogP contribution in [0, 0.1) is 11.8 Å². The van der Waals surface area contributed by atoms with Crippen LogP contribution < -0.4 is 4.74 Å². The van der Waals surface area contributed by atoms with E-state index in [1.807, 2.05) is 6.07 Å². The van der Waals surface area contributed by atoms with Crippen molar-refractivity contribution in [1.82, 2.24) is 9.47 Å². The molecule has 2 unspecified atom stereocenters. The zero-order valence-corrected chi connectivity index (χ0v) is 19.0. The minimum atomic E-state index is -0.227. The Labute approximate surface area is 189 Å². The van der Waals surface area contributed by atoms with Gasteiger partial charge in [-0.2, -0.15) is 0 Å². The van der Waals surface area contributed by atoms with Gasteiger partial charge in [-0.1, -0.05) is 30.3 Å². The summed E-state index contributed by atoms with van der Waals surface area (Å²) in [5.41, 5.74) is 3.73. The van der Waals surface area contributed by atoms with Crippen molar-refractivity contribution in [3.63, 3.8) is 0 Å². The molecule has 0 spiro atoms. The van der Waals surface area contributed by atoms with Gasteiger partial charge in [0.1, 0.15) is 5.75 Å². The minimum absolute atomic E-state index is 0.213. The Kier molecular flexibility index (Phi) is 5.92. The third kappa shape index (κ3) is 4.26. The fourth-order valence-corrected chi connectivity index (χ4v) is 5.59. The van der Waals surface area contributed by atoms with E-state index < -0.39 is 0 Å². The van der Waals surface area contributed by atoms with Crippen LogP contribution in [0.5, 0.6) is 5.75 Å². The van der Waals surface area contributed by atoms with Crippen molar-refractivity contribution in [2.24, 2.45) is 11.8 Å². The Bertz CT molecular complexity index is 1080. The molecule has 5 nitrogen and oxygen atoms in total. The molecule has 3 heterocycles. The molecule has 3 aromatic rings. The van der Waals surface area contributed by atoms with E-state index >= 15 is 0 Å². The number of nitrogens with zero attached hydrogens (tertiary/aromatic N) is 2. The summed E-state index contributed by atoms with van der Waals surface area (Å²) in [5.74, 6) is 1.62. The molecule has 168 valence electrons. The second-order valence-corrected chi connectivity index (χ2v) is 9.34. The molecule has 2 aliphatic heterocycles. The number of likely N-dealkylation sites (tertiary alicyclic amines) is 1. The Balaban J connectivity index is 1.27. The van der Waals surface area contributed by atoms with Gasteiger partial charge >= 0.3 is 5.97 Å². The molecule has 32 heavy (non-hydrogen) atoms. The molecule has 0 N–H and O–H groups in total. The molecule has 5 rings (SSSR count). The van der Waals surface area contributed by atoms with Crippen molar-refractivity contribution < 1.29 is 14.3 Å². The summed E-state index contributed by atoms with van der Waals surface area (Å²) >= 11 is 0. The van der Waals surface area contributed by atoms with Gasteiger partial charge in [-0.25, -0.2) is 0 Å². The lowest BCUT2D eigenvalue weighted by atomic mass is 9.85. The summed E-state index contributed by atoms with van der Waals surface area (Å²) in [5, 5.41) is 1.17. The van der Waals surface area contributed by atoms with Crippen molar-refractivity contribution in [2.45, 2.75) is 45.4 Å². The second-order valence-electron chi connectivity index (χ2n) is 9.34. The van der Waals surface area contributed by atoms with Gasteiger partial charge in [0.25, 0.3) is 0 Å². The average Bonchev–Trinajstić information content (AvgIpc) is 3.31. The van der Waals surface area contributed by atoms with Crippen LogP contribution in [0.1, 0.15) is 43.7 Å². The van der Waals surface area contributed by atoms with Crippen molar-refractivity contribution in [2.75, 3.05) is 20.2 Å². The van der Waals surface area contributed by atoms with Crippen LogP contribution in [0.4, 0.5) is 0 Å². The normalized spacial score (nSPS) is 21.6. The van der Waals surface area contributed by atoms with Crippen molar-refractivity contribution in [3.8, 4) is 5.75 Å². The minimum Gasteiger partial charge on any atom is -0.497 e. The fraction of sp³-hybridized carbons (Fsp3) is 0.444. The van der Waals surface area contributed by atoms with E-state index in [0.29, 0.717) is 11.8 Å². The van der Waals surface area contributed by atoms with Crippen molar-refractivity contribution in [1.29, 1.82) is 0 Å². The molecule has 0 aliphatic carbocycles. The fourth-order valence-electron chi connectivity index (χ4n) is 5.59. The molecular weight excluding hydrogens is 400 g/mol. The van der Waals surface area contributed by atoms with E-state index in [1.165, 1.54) is 36.4 Å². The largest absolute Gasteiger partial charge is 0.497 e. The Morgan fingerprint density at radius 3 is 2.56 bits per heavy atom. The topological polar surface area (TPSA) is 43.7 Å². The molecule has 2 atom stereocenters. The van der Waals surface area contributed by atoms with Gasteiger partial charge in [-0.3, -0.25) is 9.69 Å². The van der Waals surface area contributed by atoms with Gasteiger partial charge in [0, 0.05) is 36.5 Å². The Morgan fingerprint density at radius 1 is 1.06 bits per heavy atom. The lowest BCUT2D eigenvalue weighted by molar-refractivity contribution is -0.154. The van der Waals surface area contributed by atoms with E-state index in [9.17, 15) is 4.79 Å². The molecule has 1 fully saturated rings. The SMILES string of the molecule is COc1ccc2cc3n(c2c1)C(OC(C)=O)C(CC1CCN(Cc2ccccc2)CC1)C3. The quantitative estimate of drug-likeness (QED) is 0.503. The van der Waals surface area contributed by atoms with Crippen LogP contribution in [0.2, 0.25) is 0 Å². The maximum Gasteiger partial charge on any atom is 0.304 e. The van der Waals surface area contributed by atoms with Gasteiger partial charge in [0.05, 0.1) is 12.6 Å². The van der Waals surface area contributed by atoms with Crippen molar-refractivity contribution >= 4 is 16.9 Å². The van der Waals surface area contributed by atoms with Gasteiger partial charge in [0.2, 0.25) is 0 Å². The van der Waals surface area contributed by atoms with E-state index in [4.69, 9.17) is 9.47 Å². The number of methoxy groups -OCH3 is 1. The first-order valence-electron chi connectivity index (χ1n) is 11.7. The first kappa shape index (κ1) is 21.1. The van der Waals surface area contributed by atoms with Crippen LogP contribution in [0.3, 0.4) is 0 Å². The summed E-state index contributed by atoms with van der Waals surface area (Å²) < 4.78 is 13.6. The van der Waals surface area contributed by atoms with E-state index in [1.54, 1.807) is 7.11 Å². The monoisotopic (exact) mass is 432 g/mol. The third-order valence-electron chi connectivity index (χ3n) is 7.14. The standard InChI is InChI=1S/C27H32N2O3/c1-19(30)32-27-23(16-24-15-22-8-9-25(31-2)17-26(22)29(24)27)14-20-10-12-28(13-11-20)18-21-6-4-3-5-7-21/h3-9,15,17,20,23,27H,10-14,16,18H2,1-2H3. The highest BCUT2D eigenvalue weighted by Gasteiger charge is 2.38. The highest BCUT2D eigenvalue weighted by molar-refractivity contribution is 5.83. The molecule has 2 aromatic carbocycles. The molecule has 0 radical (unpaired) electrons. The lowest BCUT2D eigenvalue weighted by Gasteiger charge is -2.34. The number of carbonyl (C=O) groups is 1. The van der Waals surface area contributed by atoms with Gasteiger partial charge in [0.15, 0.2) is 6.23 Å². The number of ether oxygens (including phenoxy) is 2. The maximum absolute atomic E-state index is 12.0. The number of fused-ring (bicyclic) bond motifs is 3. The number of hydrogen-bond acceptors (Lipinski definition) is 4. The number of benzene rings is 2. The predicted molar refractivity (Wildman–Crippen MR) is 126 cm³/mol. The van der Waals surface area contributed by atoms with Gasteiger partial charge < -0.3 is 14.0 Å². The van der Waals surface area contributed by atoms with Gasteiger partial charge in [-0.05, 0) is 68.5 Å². The third-order valence-corrected chi connectivity index (χ3v) is 7.14. The summed E-state index contributed by atoms with van der Waals surface area (Å²) in [6, 6.07) is 19.1. The first-order chi connectivity index (χ1) is 15.6. The van der Waals surface area contributed by atoms with E-state index in [-0.39, 0.29) is 12.2 Å². The molecule has 0 amide bonds. The Morgan fingerprint density at radius 2 is 1.84 bits per heavy atom. The molecule has 5 heteroatoms. The highest BCUT2D eigenvalue weighted by atomic mass is 16.6. The summed E-state index contributed by atoms with van der Waals surface area (Å²) in [6.45, 7) is 4.82. The average molecular weight is 433 g/mol. The number of carbonyl (C=O) groups excluding carboxylic acids is 1. The molecule has 2 aliphatic rings. The zero-order chi connectivity index (χ0) is 22.1. The highest BCUT2D eigenvalue weighted by Crippen LogP contribution is 2.43. The first-order valence-corrected chi connectivity index (χ1v) is 11.7. The van der Waals surface area contributed by atoms with Crippen molar-refractivity contribution in [3.05, 3.63) is 65.9 Å². The smallest absolute Gasteiger partial charge is 0.304 e. The van der Waals surface area contributed by atoms with E-state index in [2.05, 4.69) is 58.0 Å². The number of aromatic nitrogens is 1. The molecule has 0 bridgehead atoms. The zero-order valence-electron chi connectivity index (χ0n) is 19.0. The Hall–Kier alpha value is -2.79. The number of rotatable bonds is 6. The van der Waals surface area contributed by atoms with Crippen LogP contribution >= 0.6 is 0 Å². The second kappa shape index (κ2) is 8.99. The molecular formula is C27H32N2O3. The maximum atomic E-state index is 12.0. The predicted octanol–water partition coefficient (Wildman–Crippen LogP) is 5.19. The number of hydrogen-bond donors (Lipinski definition) is 0. The summed E-state index contributed by atoms with van der Waals surface area (Å²) in [6.07, 6.45) is 4.25. The van der Waals surface area contributed by atoms with Crippen LogP contribution in [0.15, 0.2) is 54.6 Å². The summed E-state index contributed by atoms with van der Waals surface area (Å²) in [4.78, 5) is 14.5. The molecule has 0 saturated carbocycles. The van der Waals surface area contributed by atoms with Crippen LogP contribution in [-0.2, 0) is 22.5 Å². The number of esters is 1. The number of piperidine rings is 1.